The first-order valence-electron chi connectivity index (χ1n) is 10.4. The highest BCUT2D eigenvalue weighted by Gasteiger charge is 2.15. The highest BCUT2D eigenvalue weighted by molar-refractivity contribution is 9.10. The molecule has 0 fully saturated rings. The zero-order valence-corrected chi connectivity index (χ0v) is 19.5. The van der Waals surface area contributed by atoms with Gasteiger partial charge < -0.3 is 9.74 Å². The van der Waals surface area contributed by atoms with Crippen LogP contribution in [-0.4, -0.2) is 47.1 Å². The maximum atomic E-state index is 5.75. The van der Waals surface area contributed by atoms with E-state index in [0.29, 0.717) is 6.61 Å². The molecule has 5 rings (SSSR count). The van der Waals surface area contributed by atoms with Crippen molar-refractivity contribution < 1.29 is 4.84 Å². The van der Waals surface area contributed by atoms with Crippen LogP contribution in [0.3, 0.4) is 0 Å². The fourth-order valence-electron chi connectivity index (χ4n) is 3.84. The second-order valence-corrected chi connectivity index (χ2v) is 8.76. The molecule has 5 aromatic rings. The number of rotatable bonds is 5. The number of aromatic nitrogens is 3. The molecule has 0 aliphatic heterocycles. The van der Waals surface area contributed by atoms with E-state index in [-0.39, 0.29) is 0 Å². The van der Waals surface area contributed by atoms with E-state index in [1.165, 1.54) is 0 Å². The molecule has 160 valence electrons. The largest absolute Gasteiger partial charge is 0.394 e. The van der Waals surface area contributed by atoms with Crippen LogP contribution in [0.4, 0.5) is 0 Å². The van der Waals surface area contributed by atoms with Crippen molar-refractivity contribution in [2.75, 3.05) is 27.2 Å². The van der Waals surface area contributed by atoms with Crippen LogP contribution < -0.4 is 5.36 Å². The van der Waals surface area contributed by atoms with Gasteiger partial charge >= 0.3 is 0 Å². The minimum absolute atomic E-state index is 0.513. The average molecular weight is 488 g/mol. The molecule has 6 nitrogen and oxygen atoms in total. The van der Waals surface area contributed by atoms with E-state index in [1.54, 1.807) is 0 Å². The van der Waals surface area contributed by atoms with Gasteiger partial charge in [-0.3, -0.25) is 0 Å². The predicted molar refractivity (Wildman–Crippen MR) is 132 cm³/mol. The van der Waals surface area contributed by atoms with Crippen LogP contribution in [0.25, 0.3) is 38.3 Å². The second-order valence-electron chi connectivity index (χ2n) is 7.84. The predicted octanol–water partition coefficient (Wildman–Crippen LogP) is 4.88. The van der Waals surface area contributed by atoms with Gasteiger partial charge in [-0.15, -0.1) is 5.10 Å². The van der Waals surface area contributed by atoms with Crippen molar-refractivity contribution in [1.29, 1.82) is 0 Å². The van der Waals surface area contributed by atoms with Gasteiger partial charge in [0.2, 0.25) is 0 Å². The van der Waals surface area contributed by atoms with Gasteiger partial charge in [0, 0.05) is 32.6 Å². The van der Waals surface area contributed by atoms with Gasteiger partial charge in [-0.25, -0.2) is 4.68 Å². The maximum absolute atomic E-state index is 5.75. The third kappa shape index (κ3) is 3.74. The molecule has 0 radical (unpaired) electrons. The molecule has 7 heteroatoms. The monoisotopic (exact) mass is 487 g/mol. The maximum Gasteiger partial charge on any atom is 0.129 e. The summed E-state index contributed by atoms with van der Waals surface area (Å²) in [5, 5.41) is 18.5. The van der Waals surface area contributed by atoms with Crippen molar-refractivity contribution in [3.63, 3.8) is 0 Å². The molecule has 0 saturated heterocycles. The van der Waals surface area contributed by atoms with Crippen LogP contribution in [0, 0.1) is 0 Å². The number of likely N-dealkylation sites (N-methyl/N-ethyl adjacent to an activating group) is 1. The van der Waals surface area contributed by atoms with E-state index >= 15 is 0 Å². The zero-order chi connectivity index (χ0) is 22.1. The lowest BCUT2D eigenvalue weighted by atomic mass is 10.1. The molecule has 0 N–H and O–H groups in total. The first-order valence-corrected chi connectivity index (χ1v) is 11.2. The first-order chi connectivity index (χ1) is 15.6. The van der Waals surface area contributed by atoms with Gasteiger partial charge in [-0.1, -0.05) is 74.8 Å². The lowest BCUT2D eigenvalue weighted by Gasteiger charge is -2.07. The fraction of sp³-hybridized carbons (Fsp3) is 0.160. The average Bonchev–Trinajstić information content (AvgIpc) is 3.20. The lowest BCUT2D eigenvalue weighted by Crippen LogP contribution is -2.17. The Bertz CT molecular complexity index is 1490. The van der Waals surface area contributed by atoms with E-state index in [9.17, 15) is 0 Å². The molecule has 0 atom stereocenters. The van der Waals surface area contributed by atoms with Crippen LogP contribution in [0.2, 0.25) is 0 Å². The summed E-state index contributed by atoms with van der Waals surface area (Å²) in [6.07, 6.45) is 0. The summed E-state index contributed by atoms with van der Waals surface area (Å²) in [6, 6.07) is 24.4. The number of halogens is 1. The van der Waals surface area contributed by atoms with Gasteiger partial charge in [0.15, 0.2) is 0 Å². The molecule has 0 aliphatic rings. The Hall–Kier alpha value is -3.29. The summed E-state index contributed by atoms with van der Waals surface area (Å²) in [4.78, 5) is 7.83. The van der Waals surface area contributed by atoms with E-state index in [2.05, 4.69) is 60.6 Å². The third-order valence-corrected chi connectivity index (χ3v) is 5.93. The Balaban J connectivity index is 1.89. The standard InChI is InChI=1S/C25H22BrN5O/c1-30(2)15-16-32-28-23-19-7-3-4-8-20(19)24-25(22-10-6-5-9-21(22)23)31(29-27-24)18-13-11-17(26)12-14-18/h3-14H,15-16H2,1-2H3/b28-23-. The van der Waals surface area contributed by atoms with Crippen molar-refractivity contribution in [2.45, 2.75) is 0 Å². The molecule has 0 amide bonds. The zero-order valence-electron chi connectivity index (χ0n) is 17.9. The summed E-state index contributed by atoms with van der Waals surface area (Å²) >= 11 is 3.51. The number of hydrogen-bond acceptors (Lipinski definition) is 5. The van der Waals surface area contributed by atoms with E-state index in [1.807, 2.05) is 67.3 Å². The van der Waals surface area contributed by atoms with Crippen molar-refractivity contribution in [3.8, 4) is 5.69 Å². The van der Waals surface area contributed by atoms with Gasteiger partial charge in [0.05, 0.1) is 5.69 Å². The van der Waals surface area contributed by atoms with Crippen molar-refractivity contribution in [2.24, 2.45) is 5.16 Å². The lowest BCUT2D eigenvalue weighted by molar-refractivity contribution is 0.117. The third-order valence-electron chi connectivity index (χ3n) is 5.40. The fourth-order valence-corrected chi connectivity index (χ4v) is 4.10. The molecule has 0 spiro atoms. The molecular weight excluding hydrogens is 466 g/mol. The Labute approximate surface area is 193 Å². The minimum atomic E-state index is 0.513. The molecule has 1 aromatic heterocycles. The molecule has 0 bridgehead atoms. The normalized spacial score (nSPS) is 12.3. The van der Waals surface area contributed by atoms with E-state index in [4.69, 9.17) is 4.84 Å². The Morgan fingerprint density at radius 3 is 2.19 bits per heavy atom. The summed E-state index contributed by atoms with van der Waals surface area (Å²) in [7, 11) is 4.03. The Morgan fingerprint density at radius 2 is 1.50 bits per heavy atom. The minimum Gasteiger partial charge on any atom is -0.394 e. The molecular formula is C25H22BrN5O. The molecule has 0 aliphatic carbocycles. The number of hydrogen-bond donors (Lipinski definition) is 0. The highest BCUT2D eigenvalue weighted by atomic mass is 79.9. The smallest absolute Gasteiger partial charge is 0.129 e. The van der Waals surface area contributed by atoms with Crippen LogP contribution >= 0.6 is 15.9 Å². The molecule has 4 aromatic carbocycles. The SMILES string of the molecule is CN(C)CCO/N=c1/c2ccccc2c2nnn(-c3ccc(Br)cc3)c2c2ccccc12. The van der Waals surface area contributed by atoms with Gasteiger partial charge in [-0.2, -0.15) is 0 Å². The van der Waals surface area contributed by atoms with Crippen LogP contribution in [-0.2, 0) is 4.84 Å². The number of fused-ring (bicyclic) bond motifs is 5. The van der Waals surface area contributed by atoms with Gasteiger partial charge in [0.1, 0.15) is 23.0 Å². The summed E-state index contributed by atoms with van der Waals surface area (Å²) in [5.74, 6) is 0. The topological polar surface area (TPSA) is 55.5 Å². The van der Waals surface area contributed by atoms with Crippen LogP contribution in [0.5, 0.6) is 0 Å². The molecule has 32 heavy (non-hydrogen) atoms. The summed E-state index contributed by atoms with van der Waals surface area (Å²) < 4.78 is 2.91. The summed E-state index contributed by atoms with van der Waals surface area (Å²) in [6.45, 7) is 1.30. The number of nitrogens with zero attached hydrogens (tertiary/aromatic N) is 5. The van der Waals surface area contributed by atoms with Crippen molar-refractivity contribution in [3.05, 3.63) is 82.6 Å². The quantitative estimate of drug-likeness (QED) is 0.261. The van der Waals surface area contributed by atoms with Gasteiger partial charge in [-0.05, 0) is 38.4 Å². The van der Waals surface area contributed by atoms with Crippen LogP contribution in [0.1, 0.15) is 0 Å². The molecule has 1 heterocycles. The molecule has 0 unspecified atom stereocenters. The summed E-state index contributed by atoms with van der Waals surface area (Å²) in [5.41, 5.74) is 2.71. The Kier molecular flexibility index (Phi) is 5.59. The van der Waals surface area contributed by atoms with Gasteiger partial charge in [0.25, 0.3) is 0 Å². The van der Waals surface area contributed by atoms with E-state index < -0.39 is 0 Å². The van der Waals surface area contributed by atoms with Crippen molar-refractivity contribution >= 4 is 48.5 Å². The Morgan fingerprint density at radius 1 is 0.875 bits per heavy atom. The van der Waals surface area contributed by atoms with Crippen molar-refractivity contribution in [1.82, 2.24) is 19.9 Å². The van der Waals surface area contributed by atoms with Crippen LogP contribution in [0.15, 0.2) is 82.4 Å². The second kappa shape index (κ2) is 8.68. The highest BCUT2D eigenvalue weighted by Crippen LogP contribution is 2.28. The van der Waals surface area contributed by atoms with E-state index in [0.717, 1.165) is 54.6 Å². The molecule has 0 saturated carbocycles. The number of benzene rings is 3. The first kappa shape index (κ1) is 20.6.